The third-order valence-corrected chi connectivity index (χ3v) is 2.31. The van der Waals surface area contributed by atoms with Gasteiger partial charge in [-0.2, -0.15) is 10.5 Å². The van der Waals surface area contributed by atoms with Gasteiger partial charge in [0.25, 0.3) is 0 Å². The molecule has 2 aromatic heterocycles. The summed E-state index contributed by atoms with van der Waals surface area (Å²) >= 11 is 0. The molecule has 0 amide bonds. The molecule has 0 saturated heterocycles. The molecule has 2 heterocycles. The largest absolute Gasteiger partial charge is 0.378 e. The topological polar surface area (TPSA) is 147 Å². The minimum atomic E-state index is -0.661. The Morgan fingerprint density at radius 1 is 1.37 bits per heavy atom. The maximum Gasteiger partial charge on any atom is 0.311 e. The van der Waals surface area contributed by atoms with Crippen molar-refractivity contribution in [2.24, 2.45) is 0 Å². The summed E-state index contributed by atoms with van der Waals surface area (Å²) in [7, 11) is 0. The molecule has 0 aromatic carbocycles. The van der Waals surface area contributed by atoms with Crippen LogP contribution in [0.2, 0.25) is 0 Å². The van der Waals surface area contributed by atoms with Crippen LogP contribution >= 0.6 is 0 Å². The number of imidazole rings is 1. The summed E-state index contributed by atoms with van der Waals surface area (Å²) in [6.07, 6.45) is 1.23. The van der Waals surface area contributed by atoms with Gasteiger partial charge in [0.2, 0.25) is 5.82 Å². The van der Waals surface area contributed by atoms with Gasteiger partial charge in [-0.15, -0.1) is 0 Å². The predicted octanol–water partition coefficient (Wildman–Crippen LogP) is 0.501. The lowest BCUT2D eigenvalue weighted by Crippen LogP contribution is -2.04. The molecule has 0 atom stereocenters. The molecule has 9 nitrogen and oxygen atoms in total. The minimum absolute atomic E-state index is 0.0109. The number of aromatic nitrogens is 3. The zero-order valence-corrected chi connectivity index (χ0v) is 9.31. The second-order valence-electron chi connectivity index (χ2n) is 3.37. The number of nitrogen functional groups attached to an aromatic ring is 1. The van der Waals surface area contributed by atoms with E-state index >= 15 is 0 Å². The summed E-state index contributed by atoms with van der Waals surface area (Å²) in [5.74, 6) is -0.104. The Balaban J connectivity index is 2.59. The molecule has 0 fully saturated rings. The Hall–Kier alpha value is -3.46. The van der Waals surface area contributed by atoms with Crippen LogP contribution in [0.4, 0.5) is 11.5 Å². The van der Waals surface area contributed by atoms with Crippen LogP contribution < -0.4 is 5.73 Å². The smallest absolute Gasteiger partial charge is 0.311 e. The number of anilines is 1. The summed E-state index contributed by atoms with van der Waals surface area (Å²) in [5, 5.41) is 28.3. The van der Waals surface area contributed by atoms with E-state index in [9.17, 15) is 10.1 Å². The van der Waals surface area contributed by atoms with Crippen LogP contribution in [0, 0.1) is 32.8 Å². The molecular formula is C10H5N7O2. The van der Waals surface area contributed by atoms with Crippen LogP contribution in [0.5, 0.6) is 0 Å². The average Bonchev–Trinajstić information content (AvgIpc) is 2.80. The molecule has 2 rings (SSSR count). The van der Waals surface area contributed by atoms with Crippen LogP contribution in [0.1, 0.15) is 11.4 Å². The summed E-state index contributed by atoms with van der Waals surface area (Å²) in [6, 6.07) is 6.06. The summed E-state index contributed by atoms with van der Waals surface area (Å²) < 4.78 is 1.23. The SMILES string of the molecule is N#Cc1ncn(-c2ccc([N+](=O)[O-])c(N)n2)c1C#N. The zero-order chi connectivity index (χ0) is 14.0. The summed E-state index contributed by atoms with van der Waals surface area (Å²) in [5.41, 5.74) is 5.06. The fraction of sp³-hybridized carbons (Fsp3) is 0. The molecule has 0 unspecified atom stereocenters. The monoisotopic (exact) mass is 255 g/mol. The highest BCUT2D eigenvalue weighted by atomic mass is 16.6. The van der Waals surface area contributed by atoms with Gasteiger partial charge in [0.1, 0.15) is 24.3 Å². The third kappa shape index (κ3) is 1.92. The number of rotatable bonds is 2. The molecule has 0 aliphatic carbocycles. The lowest BCUT2D eigenvalue weighted by Gasteiger charge is -2.03. The standard InChI is InChI=1S/C10H5N7O2/c11-3-6-8(4-12)16(5-14-6)9-2-1-7(17(18)19)10(13)15-9/h1-2,5H,(H2,13,15). The van der Waals surface area contributed by atoms with Gasteiger partial charge >= 0.3 is 5.69 Å². The lowest BCUT2D eigenvalue weighted by molar-refractivity contribution is -0.384. The van der Waals surface area contributed by atoms with Crippen molar-refractivity contribution in [3.8, 4) is 18.0 Å². The van der Waals surface area contributed by atoms with Crippen LogP contribution in [0.25, 0.3) is 5.82 Å². The zero-order valence-electron chi connectivity index (χ0n) is 9.31. The first-order valence-corrected chi connectivity index (χ1v) is 4.87. The second kappa shape index (κ2) is 4.43. The van der Waals surface area contributed by atoms with E-state index in [1.54, 1.807) is 6.07 Å². The van der Waals surface area contributed by atoms with E-state index in [0.29, 0.717) is 0 Å². The highest BCUT2D eigenvalue weighted by molar-refractivity contribution is 5.55. The van der Waals surface area contributed by atoms with Gasteiger partial charge in [-0.05, 0) is 6.07 Å². The summed E-state index contributed by atoms with van der Waals surface area (Å²) in [6.45, 7) is 0. The van der Waals surface area contributed by atoms with Gasteiger partial charge in [0.15, 0.2) is 11.4 Å². The van der Waals surface area contributed by atoms with Crippen molar-refractivity contribution in [1.29, 1.82) is 10.5 Å². The predicted molar refractivity (Wildman–Crippen MR) is 61.9 cm³/mol. The van der Waals surface area contributed by atoms with Crippen molar-refractivity contribution < 1.29 is 4.92 Å². The van der Waals surface area contributed by atoms with E-state index < -0.39 is 4.92 Å². The van der Waals surface area contributed by atoms with Gasteiger partial charge in [0, 0.05) is 6.07 Å². The minimum Gasteiger partial charge on any atom is -0.378 e. The van der Waals surface area contributed by atoms with Crippen LogP contribution in [0.15, 0.2) is 18.5 Å². The Bertz CT molecular complexity index is 750. The van der Waals surface area contributed by atoms with Crippen LogP contribution in [-0.4, -0.2) is 19.5 Å². The number of hydrogen-bond acceptors (Lipinski definition) is 7. The van der Waals surface area contributed by atoms with Crippen molar-refractivity contribution in [1.82, 2.24) is 14.5 Å². The molecule has 9 heteroatoms. The van der Waals surface area contributed by atoms with Crippen molar-refractivity contribution in [2.75, 3.05) is 5.73 Å². The second-order valence-corrected chi connectivity index (χ2v) is 3.37. The third-order valence-electron chi connectivity index (χ3n) is 2.31. The molecular weight excluding hydrogens is 250 g/mol. The molecule has 0 radical (unpaired) electrons. The fourth-order valence-corrected chi connectivity index (χ4v) is 1.46. The Kier molecular flexibility index (Phi) is 2.80. The quantitative estimate of drug-likeness (QED) is 0.606. The number of pyridine rings is 1. The van der Waals surface area contributed by atoms with Gasteiger partial charge in [-0.25, -0.2) is 9.97 Å². The lowest BCUT2D eigenvalue weighted by atomic mass is 10.3. The normalized spacial score (nSPS) is 9.58. The first kappa shape index (κ1) is 12.0. The molecule has 2 aromatic rings. The van der Waals surface area contributed by atoms with Gasteiger partial charge in [-0.1, -0.05) is 0 Å². The highest BCUT2D eigenvalue weighted by Crippen LogP contribution is 2.21. The molecule has 19 heavy (non-hydrogen) atoms. The number of nitrogens with two attached hydrogens (primary N) is 1. The van der Waals surface area contributed by atoms with E-state index in [2.05, 4.69) is 9.97 Å². The molecule has 0 bridgehead atoms. The van der Waals surface area contributed by atoms with Crippen LogP contribution in [-0.2, 0) is 0 Å². The Morgan fingerprint density at radius 3 is 2.63 bits per heavy atom. The molecule has 0 aliphatic heterocycles. The molecule has 92 valence electrons. The van der Waals surface area contributed by atoms with E-state index in [-0.39, 0.29) is 28.7 Å². The Labute approximate surface area is 106 Å². The van der Waals surface area contributed by atoms with Gasteiger partial charge in [0.05, 0.1) is 4.92 Å². The Morgan fingerprint density at radius 2 is 2.11 bits per heavy atom. The highest BCUT2D eigenvalue weighted by Gasteiger charge is 2.17. The van der Waals surface area contributed by atoms with Crippen LogP contribution in [0.3, 0.4) is 0 Å². The van der Waals surface area contributed by atoms with Crippen molar-refractivity contribution in [3.05, 3.63) is 40.0 Å². The van der Waals surface area contributed by atoms with E-state index in [0.717, 1.165) is 0 Å². The average molecular weight is 255 g/mol. The number of nitrogens with zero attached hydrogens (tertiary/aromatic N) is 6. The number of hydrogen-bond donors (Lipinski definition) is 1. The number of nitro groups is 1. The number of nitriles is 2. The van der Waals surface area contributed by atoms with Crippen molar-refractivity contribution in [2.45, 2.75) is 0 Å². The van der Waals surface area contributed by atoms with Crippen molar-refractivity contribution in [3.63, 3.8) is 0 Å². The molecule has 0 spiro atoms. The first-order valence-electron chi connectivity index (χ1n) is 4.87. The summed E-state index contributed by atoms with van der Waals surface area (Å²) in [4.78, 5) is 17.5. The molecule has 0 saturated carbocycles. The van der Waals surface area contributed by atoms with Crippen molar-refractivity contribution >= 4 is 11.5 Å². The van der Waals surface area contributed by atoms with E-state index in [1.807, 2.05) is 6.07 Å². The first-order chi connectivity index (χ1) is 9.08. The maximum absolute atomic E-state index is 10.6. The maximum atomic E-state index is 10.6. The van der Waals surface area contributed by atoms with E-state index in [4.69, 9.17) is 16.3 Å². The van der Waals surface area contributed by atoms with Gasteiger partial charge < -0.3 is 5.73 Å². The molecule has 2 N–H and O–H groups in total. The van der Waals surface area contributed by atoms with Gasteiger partial charge in [-0.3, -0.25) is 14.7 Å². The fourth-order valence-electron chi connectivity index (χ4n) is 1.46. The molecule has 0 aliphatic rings. The van der Waals surface area contributed by atoms with E-state index in [1.165, 1.54) is 23.0 Å².